The Morgan fingerprint density at radius 2 is 2.06 bits per heavy atom. The fraction of sp³-hybridized carbons (Fsp3) is 0.667. The van der Waals surface area contributed by atoms with Crippen LogP contribution in [0.1, 0.15) is 30.1 Å². The highest BCUT2D eigenvalue weighted by molar-refractivity contribution is 7.17. The van der Waals surface area contributed by atoms with Gasteiger partial charge in [-0.3, -0.25) is 4.90 Å². The molecule has 0 saturated carbocycles. The lowest BCUT2D eigenvalue weighted by Crippen LogP contribution is -2.35. The number of aryl methyl sites for hydroxylation is 2. The van der Waals surface area contributed by atoms with E-state index in [0.29, 0.717) is 0 Å². The van der Waals surface area contributed by atoms with E-state index in [0.717, 1.165) is 36.0 Å². The second-order valence-electron chi connectivity index (χ2n) is 4.70. The first-order valence-electron chi connectivity index (χ1n) is 5.92. The number of rotatable bonds is 2. The summed E-state index contributed by atoms with van der Waals surface area (Å²) in [7, 11) is 2.93. The molecule has 0 bridgehead atoms. The molecule has 0 radical (unpaired) electrons. The maximum absolute atomic E-state index is 4.49. The number of hydrogen-bond donors (Lipinski definition) is 0. The molecular weight excluding hydrogens is 217 g/mol. The SMILES string of the molecule is Cc1cc(C)nc(CN2CCCC(P)C2)n1. The standard InChI is InChI=1S/C12H20N3P/c1-9-6-10(2)14-12(13-9)8-15-5-3-4-11(16)7-15/h6,11H,3-5,7-8,16H2,1-2H3. The first-order chi connectivity index (χ1) is 7.63. The summed E-state index contributed by atoms with van der Waals surface area (Å²) in [6.45, 7) is 7.30. The fourth-order valence-electron chi connectivity index (χ4n) is 2.30. The van der Waals surface area contributed by atoms with E-state index >= 15 is 0 Å². The van der Waals surface area contributed by atoms with Gasteiger partial charge < -0.3 is 0 Å². The molecule has 2 heterocycles. The van der Waals surface area contributed by atoms with Crippen LogP contribution in [-0.2, 0) is 6.54 Å². The number of aromatic nitrogens is 2. The van der Waals surface area contributed by atoms with Crippen LogP contribution in [0.5, 0.6) is 0 Å². The third-order valence-corrected chi connectivity index (χ3v) is 3.48. The van der Waals surface area contributed by atoms with Crippen LogP contribution in [0, 0.1) is 13.8 Å². The Labute approximate surface area is 99.9 Å². The van der Waals surface area contributed by atoms with Gasteiger partial charge in [0.1, 0.15) is 5.82 Å². The predicted molar refractivity (Wildman–Crippen MR) is 69.5 cm³/mol. The zero-order chi connectivity index (χ0) is 11.5. The van der Waals surface area contributed by atoms with Crippen LogP contribution in [0.4, 0.5) is 0 Å². The van der Waals surface area contributed by atoms with Crippen molar-refractivity contribution in [3.8, 4) is 0 Å². The Kier molecular flexibility index (Phi) is 3.88. The van der Waals surface area contributed by atoms with Crippen molar-refractivity contribution in [2.24, 2.45) is 0 Å². The van der Waals surface area contributed by atoms with Gasteiger partial charge in [-0.2, -0.15) is 0 Å². The van der Waals surface area contributed by atoms with E-state index in [-0.39, 0.29) is 0 Å². The van der Waals surface area contributed by atoms with E-state index in [4.69, 9.17) is 0 Å². The van der Waals surface area contributed by atoms with Crippen LogP contribution in [-0.4, -0.2) is 33.6 Å². The first kappa shape index (κ1) is 11.9. The molecule has 1 aliphatic rings. The summed E-state index contributed by atoms with van der Waals surface area (Å²) in [4.78, 5) is 11.4. The van der Waals surface area contributed by atoms with Crippen molar-refractivity contribution in [3.63, 3.8) is 0 Å². The first-order valence-corrected chi connectivity index (χ1v) is 6.59. The fourth-order valence-corrected chi connectivity index (χ4v) is 2.84. The highest BCUT2D eigenvalue weighted by Crippen LogP contribution is 2.18. The van der Waals surface area contributed by atoms with Crippen LogP contribution in [0.2, 0.25) is 0 Å². The summed E-state index contributed by atoms with van der Waals surface area (Å²) in [6, 6.07) is 2.03. The summed E-state index contributed by atoms with van der Waals surface area (Å²) >= 11 is 0. The van der Waals surface area contributed by atoms with Crippen LogP contribution in [0.3, 0.4) is 0 Å². The Balaban J connectivity index is 2.02. The summed E-state index contributed by atoms with van der Waals surface area (Å²) in [5.74, 6) is 0.969. The van der Waals surface area contributed by atoms with Crippen LogP contribution in [0.25, 0.3) is 0 Å². The normalized spacial score (nSPS) is 22.3. The molecule has 0 aliphatic carbocycles. The Hall–Kier alpha value is -0.530. The topological polar surface area (TPSA) is 29.0 Å². The molecule has 0 spiro atoms. The van der Waals surface area contributed by atoms with Gasteiger partial charge in [0.25, 0.3) is 0 Å². The maximum Gasteiger partial charge on any atom is 0.142 e. The second-order valence-corrected chi connectivity index (χ2v) is 5.65. The van der Waals surface area contributed by atoms with Crippen molar-refractivity contribution in [1.82, 2.24) is 14.9 Å². The molecule has 3 nitrogen and oxygen atoms in total. The van der Waals surface area contributed by atoms with Crippen molar-refractivity contribution >= 4 is 9.24 Å². The van der Waals surface area contributed by atoms with Gasteiger partial charge in [-0.15, -0.1) is 9.24 Å². The van der Waals surface area contributed by atoms with Gasteiger partial charge in [0.2, 0.25) is 0 Å². The zero-order valence-electron chi connectivity index (χ0n) is 10.1. The molecule has 1 aliphatic heterocycles. The van der Waals surface area contributed by atoms with Gasteiger partial charge in [-0.25, -0.2) is 9.97 Å². The molecule has 0 N–H and O–H groups in total. The average molecular weight is 237 g/mol. The predicted octanol–water partition coefficient (Wildman–Crippen LogP) is 1.93. The monoisotopic (exact) mass is 237 g/mol. The molecular formula is C12H20N3P. The van der Waals surface area contributed by atoms with E-state index < -0.39 is 0 Å². The Bertz CT molecular complexity index is 347. The molecule has 0 aromatic carbocycles. The minimum atomic E-state index is 0.736. The molecule has 1 fully saturated rings. The number of nitrogens with zero attached hydrogens (tertiary/aromatic N) is 3. The van der Waals surface area contributed by atoms with Crippen LogP contribution >= 0.6 is 9.24 Å². The van der Waals surface area contributed by atoms with Crippen LogP contribution in [0.15, 0.2) is 6.07 Å². The van der Waals surface area contributed by atoms with Gasteiger partial charge in [0.05, 0.1) is 6.54 Å². The molecule has 0 amide bonds. The van der Waals surface area contributed by atoms with Gasteiger partial charge in [-0.1, -0.05) is 0 Å². The number of likely N-dealkylation sites (tertiary alicyclic amines) is 1. The van der Waals surface area contributed by atoms with Crippen molar-refractivity contribution in [2.75, 3.05) is 13.1 Å². The summed E-state index contributed by atoms with van der Waals surface area (Å²) < 4.78 is 0. The Morgan fingerprint density at radius 1 is 1.38 bits per heavy atom. The van der Waals surface area contributed by atoms with E-state index in [1.54, 1.807) is 0 Å². The van der Waals surface area contributed by atoms with Gasteiger partial charge in [0, 0.05) is 17.9 Å². The van der Waals surface area contributed by atoms with E-state index in [1.807, 2.05) is 19.9 Å². The highest BCUT2D eigenvalue weighted by atomic mass is 31.0. The third-order valence-electron chi connectivity index (χ3n) is 2.94. The highest BCUT2D eigenvalue weighted by Gasteiger charge is 2.17. The number of piperidine rings is 1. The van der Waals surface area contributed by atoms with Crippen molar-refractivity contribution < 1.29 is 0 Å². The quantitative estimate of drug-likeness (QED) is 0.736. The smallest absolute Gasteiger partial charge is 0.142 e. The molecule has 4 heteroatoms. The molecule has 1 aromatic rings. The molecule has 2 rings (SSSR count). The second kappa shape index (κ2) is 5.20. The van der Waals surface area contributed by atoms with Crippen LogP contribution < -0.4 is 0 Å². The molecule has 1 aromatic heterocycles. The maximum atomic E-state index is 4.49. The Morgan fingerprint density at radius 3 is 2.69 bits per heavy atom. The van der Waals surface area contributed by atoms with Crippen molar-refractivity contribution in [1.29, 1.82) is 0 Å². The van der Waals surface area contributed by atoms with E-state index in [1.165, 1.54) is 19.4 Å². The van der Waals surface area contributed by atoms with E-state index in [9.17, 15) is 0 Å². The summed E-state index contributed by atoms with van der Waals surface area (Å²) in [5, 5.41) is 0. The minimum Gasteiger partial charge on any atom is -0.295 e. The van der Waals surface area contributed by atoms with Gasteiger partial charge >= 0.3 is 0 Å². The van der Waals surface area contributed by atoms with Crippen molar-refractivity contribution in [2.45, 2.75) is 38.9 Å². The summed E-state index contributed by atoms with van der Waals surface area (Å²) in [6.07, 6.45) is 2.62. The zero-order valence-corrected chi connectivity index (χ0v) is 11.3. The minimum absolute atomic E-state index is 0.736. The molecule has 16 heavy (non-hydrogen) atoms. The largest absolute Gasteiger partial charge is 0.295 e. The van der Waals surface area contributed by atoms with Gasteiger partial charge in [0.15, 0.2) is 0 Å². The molecule has 2 unspecified atom stereocenters. The average Bonchev–Trinajstić information content (AvgIpc) is 2.15. The van der Waals surface area contributed by atoms with Crippen molar-refractivity contribution in [3.05, 3.63) is 23.3 Å². The summed E-state index contributed by atoms with van der Waals surface area (Å²) in [5.41, 5.74) is 2.88. The lowest BCUT2D eigenvalue weighted by atomic mass is 10.1. The lowest BCUT2D eigenvalue weighted by molar-refractivity contribution is 0.220. The van der Waals surface area contributed by atoms with E-state index in [2.05, 4.69) is 24.1 Å². The molecule has 2 atom stereocenters. The lowest BCUT2D eigenvalue weighted by Gasteiger charge is -2.30. The van der Waals surface area contributed by atoms with Gasteiger partial charge in [-0.05, 0) is 45.0 Å². The molecule has 1 saturated heterocycles. The number of hydrogen-bond acceptors (Lipinski definition) is 3. The molecule has 88 valence electrons. The third kappa shape index (κ3) is 3.23.